The van der Waals surface area contributed by atoms with Crippen molar-refractivity contribution >= 4 is 22.2 Å². The molecule has 4 nitrogen and oxygen atoms in total. The number of halogens is 1. The van der Waals surface area contributed by atoms with E-state index in [-0.39, 0.29) is 6.79 Å². The SMILES string of the molecule is C=CCc1cc(C=O)cc(Br)c1OCc1ccc2c(c1)OCO2. The summed E-state index contributed by atoms with van der Waals surface area (Å²) >= 11 is 3.47. The molecule has 23 heavy (non-hydrogen) atoms. The number of aldehydes is 1. The van der Waals surface area contributed by atoms with Crippen LogP contribution in [0.3, 0.4) is 0 Å². The Morgan fingerprint density at radius 2 is 2.04 bits per heavy atom. The third kappa shape index (κ3) is 3.40. The van der Waals surface area contributed by atoms with Gasteiger partial charge in [0.2, 0.25) is 6.79 Å². The molecule has 0 fully saturated rings. The number of rotatable bonds is 6. The summed E-state index contributed by atoms with van der Waals surface area (Å²) in [5.41, 5.74) is 2.49. The Labute approximate surface area is 142 Å². The van der Waals surface area contributed by atoms with E-state index in [1.807, 2.05) is 24.3 Å². The predicted molar refractivity (Wildman–Crippen MR) is 90.3 cm³/mol. The minimum Gasteiger partial charge on any atom is -0.487 e. The molecule has 0 aromatic heterocycles. The lowest BCUT2D eigenvalue weighted by Gasteiger charge is -2.14. The van der Waals surface area contributed by atoms with Gasteiger partial charge in [-0.15, -0.1) is 6.58 Å². The van der Waals surface area contributed by atoms with E-state index in [4.69, 9.17) is 14.2 Å². The van der Waals surface area contributed by atoms with Gasteiger partial charge in [-0.2, -0.15) is 0 Å². The highest BCUT2D eigenvalue weighted by atomic mass is 79.9. The fourth-order valence-corrected chi connectivity index (χ4v) is 3.03. The van der Waals surface area contributed by atoms with Gasteiger partial charge < -0.3 is 14.2 Å². The van der Waals surface area contributed by atoms with Crippen LogP contribution in [0.1, 0.15) is 21.5 Å². The standard InChI is InChI=1S/C18H15BrO4/c1-2-3-14-6-13(9-20)7-15(19)18(14)21-10-12-4-5-16-17(8-12)23-11-22-16/h2,4-9H,1,3,10-11H2. The Bertz CT molecular complexity index is 755. The van der Waals surface area contributed by atoms with Crippen molar-refractivity contribution in [2.24, 2.45) is 0 Å². The maximum Gasteiger partial charge on any atom is 0.231 e. The second kappa shape index (κ2) is 6.87. The van der Waals surface area contributed by atoms with Gasteiger partial charge in [-0.1, -0.05) is 12.1 Å². The van der Waals surface area contributed by atoms with Crippen LogP contribution >= 0.6 is 15.9 Å². The molecule has 0 radical (unpaired) electrons. The minimum absolute atomic E-state index is 0.252. The molecule has 0 saturated heterocycles. The Morgan fingerprint density at radius 3 is 2.83 bits per heavy atom. The van der Waals surface area contributed by atoms with E-state index < -0.39 is 0 Å². The molecular weight excluding hydrogens is 360 g/mol. The topological polar surface area (TPSA) is 44.8 Å². The highest BCUT2D eigenvalue weighted by molar-refractivity contribution is 9.10. The quantitative estimate of drug-likeness (QED) is 0.558. The second-order valence-electron chi connectivity index (χ2n) is 5.08. The first-order valence-corrected chi connectivity index (χ1v) is 7.90. The molecule has 1 heterocycles. The van der Waals surface area contributed by atoms with Crippen molar-refractivity contribution in [1.82, 2.24) is 0 Å². The molecule has 2 aromatic rings. The molecule has 5 heteroatoms. The molecule has 0 bridgehead atoms. The van der Waals surface area contributed by atoms with E-state index >= 15 is 0 Å². The molecular formula is C18H15BrO4. The maximum absolute atomic E-state index is 11.0. The van der Waals surface area contributed by atoms with Crippen LogP contribution in [-0.2, 0) is 13.0 Å². The molecule has 2 aromatic carbocycles. The predicted octanol–water partition coefficient (Wildman–Crippen LogP) is 4.30. The van der Waals surface area contributed by atoms with Crippen LogP contribution in [-0.4, -0.2) is 13.1 Å². The highest BCUT2D eigenvalue weighted by Gasteiger charge is 2.14. The molecule has 0 aliphatic carbocycles. The summed E-state index contributed by atoms with van der Waals surface area (Å²) < 4.78 is 17.4. The summed E-state index contributed by atoms with van der Waals surface area (Å²) in [5, 5.41) is 0. The average Bonchev–Trinajstić information content (AvgIpc) is 3.01. The van der Waals surface area contributed by atoms with E-state index in [1.165, 1.54) is 0 Å². The molecule has 3 rings (SSSR count). The van der Waals surface area contributed by atoms with Crippen molar-refractivity contribution in [3.63, 3.8) is 0 Å². The van der Waals surface area contributed by atoms with Gasteiger partial charge in [0, 0.05) is 5.56 Å². The fraction of sp³-hybridized carbons (Fsp3) is 0.167. The number of fused-ring (bicyclic) bond motifs is 1. The van der Waals surface area contributed by atoms with Crippen LogP contribution in [0.15, 0.2) is 47.5 Å². The second-order valence-corrected chi connectivity index (χ2v) is 5.93. The van der Waals surface area contributed by atoms with Crippen molar-refractivity contribution in [2.45, 2.75) is 13.0 Å². The largest absolute Gasteiger partial charge is 0.487 e. The van der Waals surface area contributed by atoms with E-state index in [1.54, 1.807) is 12.1 Å². The average molecular weight is 375 g/mol. The number of ether oxygens (including phenoxy) is 3. The lowest BCUT2D eigenvalue weighted by Crippen LogP contribution is -2.00. The summed E-state index contributed by atoms with van der Waals surface area (Å²) in [4.78, 5) is 11.0. The molecule has 0 saturated carbocycles. The van der Waals surface area contributed by atoms with Crippen molar-refractivity contribution in [2.75, 3.05) is 6.79 Å². The van der Waals surface area contributed by atoms with Crippen molar-refractivity contribution < 1.29 is 19.0 Å². The fourth-order valence-electron chi connectivity index (χ4n) is 2.40. The number of carbonyl (C=O) groups is 1. The monoisotopic (exact) mass is 374 g/mol. The zero-order chi connectivity index (χ0) is 16.2. The number of hydrogen-bond donors (Lipinski definition) is 0. The van der Waals surface area contributed by atoms with Gasteiger partial charge in [-0.3, -0.25) is 4.79 Å². The summed E-state index contributed by atoms with van der Waals surface area (Å²) in [5.74, 6) is 2.19. The first kappa shape index (κ1) is 15.6. The van der Waals surface area contributed by atoms with E-state index in [9.17, 15) is 4.79 Å². The Hall–Kier alpha value is -2.27. The lowest BCUT2D eigenvalue weighted by atomic mass is 10.1. The van der Waals surface area contributed by atoms with Gasteiger partial charge in [0.15, 0.2) is 11.5 Å². The normalized spacial score (nSPS) is 12.0. The van der Waals surface area contributed by atoms with Crippen LogP contribution in [0.5, 0.6) is 17.2 Å². The Kier molecular flexibility index (Phi) is 4.67. The maximum atomic E-state index is 11.0. The van der Waals surface area contributed by atoms with Crippen LogP contribution in [0, 0.1) is 0 Å². The van der Waals surface area contributed by atoms with Gasteiger partial charge in [0.1, 0.15) is 18.6 Å². The highest BCUT2D eigenvalue weighted by Crippen LogP contribution is 2.34. The molecule has 0 amide bonds. The van der Waals surface area contributed by atoms with Crippen LogP contribution in [0.25, 0.3) is 0 Å². The minimum atomic E-state index is 0.252. The molecule has 118 valence electrons. The van der Waals surface area contributed by atoms with Crippen molar-refractivity contribution in [3.8, 4) is 17.2 Å². The molecule has 0 unspecified atom stereocenters. The Balaban J connectivity index is 1.82. The summed E-state index contributed by atoms with van der Waals surface area (Å²) in [6.07, 6.45) is 3.22. The molecule has 1 aliphatic heterocycles. The van der Waals surface area contributed by atoms with Gasteiger partial charge in [0.25, 0.3) is 0 Å². The summed E-state index contributed by atoms with van der Waals surface area (Å²) in [7, 11) is 0. The third-order valence-electron chi connectivity index (χ3n) is 3.46. The van der Waals surface area contributed by atoms with Crippen molar-refractivity contribution in [3.05, 3.63) is 64.1 Å². The van der Waals surface area contributed by atoms with E-state index in [2.05, 4.69) is 22.5 Å². The van der Waals surface area contributed by atoms with E-state index in [0.717, 1.165) is 33.4 Å². The summed E-state index contributed by atoms with van der Waals surface area (Å²) in [6, 6.07) is 9.27. The Morgan fingerprint density at radius 1 is 1.22 bits per heavy atom. The number of carbonyl (C=O) groups excluding carboxylic acids is 1. The molecule has 0 spiro atoms. The van der Waals surface area contributed by atoms with Gasteiger partial charge >= 0.3 is 0 Å². The van der Waals surface area contributed by atoms with Crippen LogP contribution in [0.4, 0.5) is 0 Å². The first-order chi connectivity index (χ1) is 11.2. The lowest BCUT2D eigenvalue weighted by molar-refractivity contribution is 0.112. The number of benzene rings is 2. The molecule has 0 N–H and O–H groups in total. The zero-order valence-corrected chi connectivity index (χ0v) is 14.0. The van der Waals surface area contributed by atoms with Gasteiger partial charge in [0.05, 0.1) is 4.47 Å². The number of hydrogen-bond acceptors (Lipinski definition) is 4. The van der Waals surface area contributed by atoms with Gasteiger partial charge in [-0.25, -0.2) is 0 Å². The number of allylic oxidation sites excluding steroid dienone is 1. The van der Waals surface area contributed by atoms with Crippen LogP contribution < -0.4 is 14.2 Å². The van der Waals surface area contributed by atoms with Crippen LogP contribution in [0.2, 0.25) is 0 Å². The third-order valence-corrected chi connectivity index (χ3v) is 4.05. The zero-order valence-electron chi connectivity index (χ0n) is 12.4. The van der Waals surface area contributed by atoms with Gasteiger partial charge in [-0.05, 0) is 57.7 Å². The molecule has 1 aliphatic rings. The van der Waals surface area contributed by atoms with E-state index in [0.29, 0.717) is 24.3 Å². The first-order valence-electron chi connectivity index (χ1n) is 7.11. The molecule has 0 atom stereocenters. The summed E-state index contributed by atoms with van der Waals surface area (Å²) in [6.45, 7) is 4.39. The smallest absolute Gasteiger partial charge is 0.231 e. The van der Waals surface area contributed by atoms with Crippen molar-refractivity contribution in [1.29, 1.82) is 0 Å².